The summed E-state index contributed by atoms with van der Waals surface area (Å²) in [7, 11) is 0. The van der Waals surface area contributed by atoms with Gasteiger partial charge in [0.2, 0.25) is 0 Å². The Labute approximate surface area is 185 Å². The van der Waals surface area contributed by atoms with Crippen molar-refractivity contribution in [3.63, 3.8) is 0 Å². The third kappa shape index (κ3) is 3.18. The second kappa shape index (κ2) is 7.48. The first-order valence-electron chi connectivity index (χ1n) is 9.25. The Hall–Kier alpha value is -2.78. The molecule has 0 bridgehead atoms. The maximum atomic E-state index is 13.2. The maximum Gasteiger partial charge on any atom is 0.325 e. The number of carbonyl (C=O) groups excluding carboxylic acids is 3. The first-order chi connectivity index (χ1) is 14.2. The van der Waals surface area contributed by atoms with E-state index in [1.807, 2.05) is 29.9 Å². The standard InChI is InChI=1S/C21H19BrN4O3S/c1-12-10-14(13(2)26(12)20-23-8-9-30-20)17(27)11-25-18(28)21(3,24-19(25)29)15-6-4-5-7-16(15)22/h4-10H,11H2,1-3H3,(H,24,29). The van der Waals surface area contributed by atoms with Crippen molar-refractivity contribution in [2.75, 3.05) is 6.54 Å². The van der Waals surface area contributed by atoms with Crippen LogP contribution >= 0.6 is 27.3 Å². The maximum absolute atomic E-state index is 13.2. The van der Waals surface area contributed by atoms with Crippen molar-refractivity contribution in [3.05, 3.63) is 68.9 Å². The molecule has 2 aromatic heterocycles. The highest BCUT2D eigenvalue weighted by molar-refractivity contribution is 9.10. The number of benzene rings is 1. The molecule has 1 saturated heterocycles. The zero-order valence-electron chi connectivity index (χ0n) is 16.6. The number of carbonyl (C=O) groups is 3. The molecule has 0 radical (unpaired) electrons. The van der Waals surface area contributed by atoms with Gasteiger partial charge >= 0.3 is 6.03 Å². The fourth-order valence-electron chi connectivity index (χ4n) is 3.78. The largest absolute Gasteiger partial charge is 0.325 e. The number of amides is 3. The van der Waals surface area contributed by atoms with Crippen LogP contribution in [-0.4, -0.2) is 38.7 Å². The topological polar surface area (TPSA) is 84.3 Å². The van der Waals surface area contributed by atoms with Gasteiger partial charge in [0.25, 0.3) is 5.91 Å². The zero-order chi connectivity index (χ0) is 21.6. The lowest BCUT2D eigenvalue weighted by Gasteiger charge is -2.23. The number of aromatic nitrogens is 2. The molecule has 1 unspecified atom stereocenters. The second-order valence-electron chi connectivity index (χ2n) is 7.28. The number of halogens is 1. The quantitative estimate of drug-likeness (QED) is 0.436. The van der Waals surface area contributed by atoms with Crippen molar-refractivity contribution in [2.45, 2.75) is 26.3 Å². The van der Waals surface area contributed by atoms with E-state index in [9.17, 15) is 14.4 Å². The minimum absolute atomic E-state index is 0.300. The van der Waals surface area contributed by atoms with E-state index in [1.165, 1.54) is 11.3 Å². The van der Waals surface area contributed by atoms with E-state index in [-0.39, 0.29) is 12.3 Å². The van der Waals surface area contributed by atoms with Crippen LogP contribution in [0.25, 0.3) is 5.13 Å². The van der Waals surface area contributed by atoms with Crippen molar-refractivity contribution in [1.29, 1.82) is 0 Å². The molecule has 3 heterocycles. The lowest BCUT2D eigenvalue weighted by atomic mass is 9.92. The molecular formula is C21H19BrN4O3S. The van der Waals surface area contributed by atoms with Gasteiger partial charge in [-0.2, -0.15) is 0 Å². The Bertz CT molecular complexity index is 1170. The number of urea groups is 1. The summed E-state index contributed by atoms with van der Waals surface area (Å²) >= 11 is 4.91. The first-order valence-corrected chi connectivity index (χ1v) is 10.9. The van der Waals surface area contributed by atoms with Gasteiger partial charge in [-0.1, -0.05) is 34.1 Å². The van der Waals surface area contributed by atoms with Gasteiger partial charge in [0.15, 0.2) is 10.9 Å². The predicted molar refractivity (Wildman–Crippen MR) is 117 cm³/mol. The molecule has 1 fully saturated rings. The molecular weight excluding hydrogens is 468 g/mol. The summed E-state index contributed by atoms with van der Waals surface area (Å²) < 4.78 is 2.61. The Morgan fingerprint density at radius 1 is 1.27 bits per heavy atom. The Balaban J connectivity index is 1.62. The SMILES string of the molecule is Cc1cc(C(=O)CN2C(=O)NC(C)(c3ccccc3Br)C2=O)c(C)n1-c1nccs1. The van der Waals surface area contributed by atoms with E-state index >= 15 is 0 Å². The lowest BCUT2D eigenvalue weighted by molar-refractivity contribution is -0.130. The summed E-state index contributed by atoms with van der Waals surface area (Å²) in [6.45, 7) is 5.04. The second-order valence-corrected chi connectivity index (χ2v) is 9.01. The van der Waals surface area contributed by atoms with Crippen molar-refractivity contribution in [3.8, 4) is 5.13 Å². The number of rotatable bonds is 5. The molecule has 1 atom stereocenters. The van der Waals surface area contributed by atoms with Crippen LogP contribution in [0.15, 0.2) is 46.4 Å². The van der Waals surface area contributed by atoms with Crippen LogP contribution < -0.4 is 5.32 Å². The summed E-state index contributed by atoms with van der Waals surface area (Å²) in [6, 6.07) is 8.39. The lowest BCUT2D eigenvalue weighted by Crippen LogP contribution is -2.41. The molecule has 154 valence electrons. The number of hydrogen-bond donors (Lipinski definition) is 1. The van der Waals surface area contributed by atoms with Crippen LogP contribution in [0, 0.1) is 13.8 Å². The Morgan fingerprint density at radius 3 is 2.67 bits per heavy atom. The predicted octanol–water partition coefficient (Wildman–Crippen LogP) is 3.96. The molecule has 0 aliphatic carbocycles. The first kappa shape index (κ1) is 20.5. The van der Waals surface area contributed by atoms with Crippen LogP contribution in [-0.2, 0) is 10.3 Å². The van der Waals surface area contributed by atoms with Gasteiger partial charge in [-0.25, -0.2) is 9.78 Å². The molecule has 30 heavy (non-hydrogen) atoms. The van der Waals surface area contributed by atoms with Crippen LogP contribution in [0.4, 0.5) is 4.79 Å². The molecule has 1 N–H and O–H groups in total. The van der Waals surface area contributed by atoms with Crippen LogP contribution in [0.2, 0.25) is 0 Å². The molecule has 9 heteroatoms. The highest BCUT2D eigenvalue weighted by atomic mass is 79.9. The van der Waals surface area contributed by atoms with Gasteiger partial charge in [0.05, 0.1) is 6.54 Å². The molecule has 0 saturated carbocycles. The number of Topliss-reactive ketones (excluding diaryl/α,β-unsaturated/α-hetero) is 1. The number of imide groups is 1. The third-order valence-electron chi connectivity index (χ3n) is 5.33. The minimum atomic E-state index is -1.24. The fourth-order valence-corrected chi connectivity index (χ4v) is 5.22. The molecule has 1 aromatic carbocycles. The highest BCUT2D eigenvalue weighted by Crippen LogP contribution is 2.34. The van der Waals surface area contributed by atoms with Crippen LogP contribution in [0.1, 0.15) is 34.2 Å². The van der Waals surface area contributed by atoms with Crippen molar-refractivity contribution < 1.29 is 14.4 Å². The minimum Gasteiger partial charge on any atom is -0.319 e. The summed E-state index contributed by atoms with van der Waals surface area (Å²) in [5.41, 5.74) is 1.46. The van der Waals surface area contributed by atoms with Gasteiger partial charge in [0, 0.05) is 38.6 Å². The van der Waals surface area contributed by atoms with Gasteiger partial charge in [0.1, 0.15) is 5.54 Å². The smallest absolute Gasteiger partial charge is 0.319 e. The van der Waals surface area contributed by atoms with Crippen LogP contribution in [0.5, 0.6) is 0 Å². The van der Waals surface area contributed by atoms with Crippen molar-refractivity contribution in [2.24, 2.45) is 0 Å². The molecule has 1 aliphatic rings. The number of thiazole rings is 1. The van der Waals surface area contributed by atoms with E-state index in [1.54, 1.807) is 37.4 Å². The molecule has 7 nitrogen and oxygen atoms in total. The van der Waals surface area contributed by atoms with Crippen LogP contribution in [0.3, 0.4) is 0 Å². The summed E-state index contributed by atoms with van der Waals surface area (Å²) in [5.74, 6) is -0.757. The van der Waals surface area contributed by atoms with Gasteiger partial charge < -0.3 is 5.32 Å². The monoisotopic (exact) mass is 486 g/mol. The molecule has 4 rings (SSSR count). The molecule has 3 amide bonds. The Morgan fingerprint density at radius 2 is 2.00 bits per heavy atom. The average molecular weight is 487 g/mol. The molecule has 1 aliphatic heterocycles. The third-order valence-corrected chi connectivity index (χ3v) is 6.78. The van der Waals surface area contributed by atoms with E-state index in [2.05, 4.69) is 26.2 Å². The molecule has 3 aromatic rings. The number of ketones is 1. The summed E-state index contributed by atoms with van der Waals surface area (Å²) in [4.78, 5) is 44.1. The van der Waals surface area contributed by atoms with Gasteiger partial charge in [-0.15, -0.1) is 11.3 Å². The van der Waals surface area contributed by atoms with Crippen molar-refractivity contribution in [1.82, 2.24) is 19.8 Å². The molecule has 0 spiro atoms. The van der Waals surface area contributed by atoms with Gasteiger partial charge in [-0.3, -0.25) is 19.1 Å². The van der Waals surface area contributed by atoms with E-state index in [0.29, 0.717) is 15.6 Å². The summed E-state index contributed by atoms with van der Waals surface area (Å²) in [5, 5.41) is 5.37. The van der Waals surface area contributed by atoms with E-state index in [0.717, 1.165) is 21.4 Å². The average Bonchev–Trinajstić information content (AvgIpc) is 3.37. The number of hydrogen-bond acceptors (Lipinski definition) is 5. The fraction of sp³-hybridized carbons (Fsp3) is 0.238. The zero-order valence-corrected chi connectivity index (χ0v) is 19.0. The van der Waals surface area contributed by atoms with E-state index < -0.39 is 17.5 Å². The number of nitrogens with one attached hydrogen (secondary N) is 1. The number of nitrogens with zero attached hydrogens (tertiary/aromatic N) is 3. The highest BCUT2D eigenvalue weighted by Gasteiger charge is 2.50. The normalized spacial score (nSPS) is 18.7. The van der Waals surface area contributed by atoms with Crippen molar-refractivity contribution >= 4 is 45.0 Å². The Kier molecular flexibility index (Phi) is 5.11. The summed E-state index contributed by atoms with van der Waals surface area (Å²) in [6.07, 6.45) is 1.70. The van der Waals surface area contributed by atoms with Gasteiger partial charge in [-0.05, 0) is 32.9 Å². The number of aryl methyl sites for hydroxylation is 1. The van der Waals surface area contributed by atoms with E-state index in [4.69, 9.17) is 0 Å².